The maximum absolute atomic E-state index is 12.3. The van der Waals surface area contributed by atoms with E-state index in [1.807, 2.05) is 6.07 Å². The van der Waals surface area contributed by atoms with Crippen LogP contribution in [0.4, 0.5) is 0 Å². The summed E-state index contributed by atoms with van der Waals surface area (Å²) in [5.41, 5.74) is 4.82. The molecule has 3 N–H and O–H groups in total. The number of amides is 2. The number of aromatic amines is 1. The molecule has 0 spiro atoms. The van der Waals surface area contributed by atoms with Gasteiger partial charge in [0.1, 0.15) is 0 Å². The first-order valence-electron chi connectivity index (χ1n) is 10.1. The highest BCUT2D eigenvalue weighted by atomic mass is 16.5. The molecule has 0 aliphatic heterocycles. The van der Waals surface area contributed by atoms with E-state index in [4.69, 9.17) is 18.9 Å². The van der Waals surface area contributed by atoms with Gasteiger partial charge in [0.05, 0.1) is 53.1 Å². The molecule has 1 heterocycles. The van der Waals surface area contributed by atoms with E-state index in [1.165, 1.54) is 26.5 Å². The van der Waals surface area contributed by atoms with Crippen LogP contribution in [0.3, 0.4) is 0 Å². The molecular formula is C23H25N5O6. The lowest BCUT2D eigenvalue weighted by Crippen LogP contribution is -2.34. The number of ether oxygens (including phenoxy) is 4. The van der Waals surface area contributed by atoms with Crippen LogP contribution >= 0.6 is 0 Å². The third kappa shape index (κ3) is 5.63. The number of hydrazone groups is 1. The molecule has 0 saturated heterocycles. The fourth-order valence-corrected chi connectivity index (χ4v) is 3.07. The predicted octanol–water partition coefficient (Wildman–Crippen LogP) is 1.99. The summed E-state index contributed by atoms with van der Waals surface area (Å²) in [6.45, 7) is -0.265. The van der Waals surface area contributed by atoms with Gasteiger partial charge in [0.25, 0.3) is 11.8 Å². The highest BCUT2D eigenvalue weighted by molar-refractivity contribution is 5.97. The van der Waals surface area contributed by atoms with Crippen LogP contribution in [0.5, 0.6) is 23.0 Å². The van der Waals surface area contributed by atoms with Gasteiger partial charge in [-0.1, -0.05) is 0 Å². The van der Waals surface area contributed by atoms with Gasteiger partial charge in [-0.3, -0.25) is 14.7 Å². The third-order valence-electron chi connectivity index (χ3n) is 4.79. The molecule has 11 nitrogen and oxygen atoms in total. The van der Waals surface area contributed by atoms with E-state index in [-0.39, 0.29) is 6.54 Å². The fraction of sp³-hybridized carbons (Fsp3) is 0.217. The minimum atomic E-state index is -0.499. The van der Waals surface area contributed by atoms with Crippen LogP contribution in [-0.4, -0.2) is 63.2 Å². The van der Waals surface area contributed by atoms with Gasteiger partial charge in [0.2, 0.25) is 0 Å². The van der Waals surface area contributed by atoms with Gasteiger partial charge in [-0.15, -0.1) is 0 Å². The molecule has 0 aliphatic carbocycles. The molecule has 0 radical (unpaired) electrons. The summed E-state index contributed by atoms with van der Waals surface area (Å²) in [6, 6.07) is 10.1. The van der Waals surface area contributed by atoms with Gasteiger partial charge < -0.3 is 24.3 Å². The van der Waals surface area contributed by atoms with Gasteiger partial charge >= 0.3 is 0 Å². The molecule has 2 aromatic carbocycles. The van der Waals surface area contributed by atoms with Crippen molar-refractivity contribution in [2.24, 2.45) is 5.10 Å². The number of H-pyrrole nitrogens is 1. The van der Waals surface area contributed by atoms with Crippen molar-refractivity contribution in [2.75, 3.05) is 35.0 Å². The molecule has 0 saturated carbocycles. The van der Waals surface area contributed by atoms with E-state index in [0.717, 1.165) is 5.56 Å². The summed E-state index contributed by atoms with van der Waals surface area (Å²) in [4.78, 5) is 24.4. The first-order chi connectivity index (χ1) is 16.5. The average molecular weight is 467 g/mol. The van der Waals surface area contributed by atoms with Crippen LogP contribution in [0.15, 0.2) is 47.7 Å². The van der Waals surface area contributed by atoms with E-state index >= 15 is 0 Å². The van der Waals surface area contributed by atoms with Crippen LogP contribution < -0.4 is 29.7 Å². The third-order valence-corrected chi connectivity index (χ3v) is 4.79. The van der Waals surface area contributed by atoms with Crippen molar-refractivity contribution in [1.82, 2.24) is 20.9 Å². The number of carbonyl (C=O) groups excluding carboxylic acids is 2. The monoisotopic (exact) mass is 467 g/mol. The van der Waals surface area contributed by atoms with Gasteiger partial charge in [0.15, 0.2) is 23.0 Å². The fourth-order valence-electron chi connectivity index (χ4n) is 3.07. The number of aromatic nitrogens is 2. The summed E-state index contributed by atoms with van der Waals surface area (Å²) in [7, 11) is 6.09. The Labute approximate surface area is 196 Å². The van der Waals surface area contributed by atoms with Crippen molar-refractivity contribution in [1.29, 1.82) is 0 Å². The first-order valence-corrected chi connectivity index (χ1v) is 10.1. The summed E-state index contributed by atoms with van der Waals surface area (Å²) < 4.78 is 20.9. The number of hydrogen-bond acceptors (Lipinski definition) is 8. The molecule has 3 rings (SSSR count). The molecule has 0 fully saturated rings. The second-order valence-electron chi connectivity index (χ2n) is 6.82. The summed E-state index contributed by atoms with van der Waals surface area (Å²) in [6.07, 6.45) is 3.02. The molecule has 34 heavy (non-hydrogen) atoms. The first kappa shape index (κ1) is 24.1. The Morgan fingerprint density at radius 3 is 2.26 bits per heavy atom. The Bertz CT molecular complexity index is 1190. The molecule has 1 aromatic heterocycles. The maximum Gasteiger partial charge on any atom is 0.259 e. The van der Waals surface area contributed by atoms with E-state index in [9.17, 15) is 9.59 Å². The van der Waals surface area contributed by atoms with Gasteiger partial charge in [-0.2, -0.15) is 10.2 Å². The van der Waals surface area contributed by atoms with Crippen molar-refractivity contribution >= 4 is 18.0 Å². The highest BCUT2D eigenvalue weighted by Gasteiger charge is 2.13. The van der Waals surface area contributed by atoms with Crippen LogP contribution in [0.1, 0.15) is 15.9 Å². The van der Waals surface area contributed by atoms with Crippen molar-refractivity contribution in [3.05, 3.63) is 53.7 Å². The largest absolute Gasteiger partial charge is 0.493 e. The molecular weight excluding hydrogens is 442 g/mol. The quantitative estimate of drug-likeness (QED) is 0.306. The number of carbonyl (C=O) groups is 2. The van der Waals surface area contributed by atoms with Crippen LogP contribution in [0.2, 0.25) is 0 Å². The Morgan fingerprint density at radius 1 is 0.941 bits per heavy atom. The molecule has 11 heteroatoms. The van der Waals surface area contributed by atoms with Crippen LogP contribution in [0, 0.1) is 0 Å². The average Bonchev–Trinajstić information content (AvgIpc) is 3.34. The summed E-state index contributed by atoms with van der Waals surface area (Å²) in [5.74, 6) is 1.14. The van der Waals surface area contributed by atoms with Gasteiger partial charge in [-0.25, -0.2) is 5.43 Å². The van der Waals surface area contributed by atoms with E-state index in [0.29, 0.717) is 39.8 Å². The van der Waals surface area contributed by atoms with E-state index in [2.05, 4.69) is 26.0 Å². The standard InChI is InChI=1S/C23H25N5O6/c1-31-17-7-5-14(9-19(17)33-3)22-16(12-26-28-22)11-25-27-21(29)13-24-23(30)15-6-8-18(32-2)20(10-15)34-4/h5-12H,13H2,1-4H3,(H,24,30)(H,26,28)(H,27,29)/b25-11-. The highest BCUT2D eigenvalue weighted by Crippen LogP contribution is 2.32. The second-order valence-corrected chi connectivity index (χ2v) is 6.82. The van der Waals surface area contributed by atoms with Crippen LogP contribution in [-0.2, 0) is 4.79 Å². The van der Waals surface area contributed by atoms with Crippen molar-refractivity contribution in [3.63, 3.8) is 0 Å². The maximum atomic E-state index is 12.3. The van der Waals surface area contributed by atoms with E-state index < -0.39 is 11.8 Å². The zero-order valence-corrected chi connectivity index (χ0v) is 19.2. The Kier molecular flexibility index (Phi) is 8.06. The topological polar surface area (TPSA) is 136 Å². The molecule has 0 bridgehead atoms. The number of nitrogens with zero attached hydrogens (tertiary/aromatic N) is 2. The lowest BCUT2D eigenvalue weighted by atomic mass is 10.1. The zero-order chi connectivity index (χ0) is 24.5. The van der Waals surface area contributed by atoms with Crippen molar-refractivity contribution in [3.8, 4) is 34.3 Å². The molecule has 0 atom stereocenters. The Morgan fingerprint density at radius 2 is 1.59 bits per heavy atom. The minimum absolute atomic E-state index is 0.265. The smallest absolute Gasteiger partial charge is 0.259 e. The number of rotatable bonds is 10. The molecule has 178 valence electrons. The number of methoxy groups -OCH3 is 4. The van der Waals surface area contributed by atoms with Gasteiger partial charge in [0, 0.05) is 16.7 Å². The van der Waals surface area contributed by atoms with E-state index in [1.54, 1.807) is 44.7 Å². The molecule has 0 aliphatic rings. The SMILES string of the molecule is COc1ccc(C(=O)NCC(=O)N/N=C\c2cn[nH]c2-c2ccc(OC)c(OC)c2)cc1OC. The molecule has 2 amide bonds. The number of benzene rings is 2. The Balaban J connectivity index is 1.58. The number of hydrogen-bond donors (Lipinski definition) is 3. The lowest BCUT2D eigenvalue weighted by molar-refractivity contribution is -0.120. The van der Waals surface area contributed by atoms with Crippen molar-refractivity contribution in [2.45, 2.75) is 0 Å². The zero-order valence-electron chi connectivity index (χ0n) is 19.2. The predicted molar refractivity (Wildman–Crippen MR) is 125 cm³/mol. The molecule has 0 unspecified atom stereocenters. The number of nitrogens with one attached hydrogen (secondary N) is 3. The Hall–Kier alpha value is -4.54. The van der Waals surface area contributed by atoms with Crippen molar-refractivity contribution < 1.29 is 28.5 Å². The minimum Gasteiger partial charge on any atom is -0.493 e. The molecule has 3 aromatic rings. The second kappa shape index (κ2) is 11.4. The summed E-state index contributed by atoms with van der Waals surface area (Å²) in [5, 5.41) is 13.4. The van der Waals surface area contributed by atoms with Gasteiger partial charge in [-0.05, 0) is 36.4 Å². The normalized spacial score (nSPS) is 10.6. The summed E-state index contributed by atoms with van der Waals surface area (Å²) >= 11 is 0. The lowest BCUT2D eigenvalue weighted by Gasteiger charge is -2.09. The van der Waals surface area contributed by atoms with Crippen LogP contribution in [0.25, 0.3) is 11.3 Å².